The highest BCUT2D eigenvalue weighted by atomic mass is 35.5. The zero-order valence-electron chi connectivity index (χ0n) is 12.8. The van der Waals surface area contributed by atoms with E-state index in [1.54, 1.807) is 49.6 Å². The topological polar surface area (TPSA) is 47.3 Å². The highest BCUT2D eigenvalue weighted by Crippen LogP contribution is 2.25. The molecule has 0 fully saturated rings. The molecule has 0 aliphatic heterocycles. The maximum absolute atomic E-state index is 14.2. The van der Waals surface area contributed by atoms with Gasteiger partial charge in [-0.3, -0.25) is 0 Å². The summed E-state index contributed by atoms with van der Waals surface area (Å²) in [6.07, 6.45) is -0.389. The molecule has 0 amide bonds. The summed E-state index contributed by atoms with van der Waals surface area (Å²) in [4.78, 5) is 0. The van der Waals surface area contributed by atoms with E-state index in [1.165, 1.54) is 0 Å². The number of anilines is 1. The zero-order chi connectivity index (χ0) is 16.9. The largest absolute Gasteiger partial charge is 0.497 e. The van der Waals surface area contributed by atoms with Gasteiger partial charge in [-0.25, -0.2) is 8.78 Å². The van der Waals surface area contributed by atoms with Crippen molar-refractivity contribution < 1.29 is 13.5 Å². The summed E-state index contributed by atoms with van der Waals surface area (Å²) in [6.45, 7) is -0.288. The first kappa shape index (κ1) is 17.5. The summed E-state index contributed by atoms with van der Waals surface area (Å²) in [5.41, 5.74) is 7.36. The van der Waals surface area contributed by atoms with E-state index in [1.807, 2.05) is 0 Å². The Morgan fingerprint density at radius 1 is 1.13 bits per heavy atom. The number of hydrogen-bond acceptors (Lipinski definition) is 3. The van der Waals surface area contributed by atoms with Gasteiger partial charge in [0.25, 0.3) is 5.92 Å². The van der Waals surface area contributed by atoms with Crippen LogP contribution in [0.15, 0.2) is 42.5 Å². The fourth-order valence-corrected chi connectivity index (χ4v) is 2.43. The molecule has 2 aromatic carbocycles. The van der Waals surface area contributed by atoms with Crippen LogP contribution in [0, 0.1) is 0 Å². The monoisotopic (exact) mass is 340 g/mol. The SMILES string of the molecule is COc1ccc(NCC(F)(F)Cc2ccc(Cl)cc2CN)cc1. The van der Waals surface area contributed by atoms with Crippen molar-refractivity contribution in [2.45, 2.75) is 18.9 Å². The number of alkyl halides is 2. The minimum Gasteiger partial charge on any atom is -0.497 e. The van der Waals surface area contributed by atoms with E-state index in [-0.39, 0.29) is 13.0 Å². The number of methoxy groups -OCH3 is 1. The molecule has 0 radical (unpaired) electrons. The van der Waals surface area contributed by atoms with Gasteiger partial charge >= 0.3 is 0 Å². The molecule has 3 nitrogen and oxygen atoms in total. The fourth-order valence-electron chi connectivity index (χ4n) is 2.24. The molecule has 23 heavy (non-hydrogen) atoms. The van der Waals surface area contributed by atoms with E-state index in [2.05, 4.69) is 5.32 Å². The number of nitrogens with two attached hydrogens (primary N) is 1. The average molecular weight is 341 g/mol. The van der Waals surface area contributed by atoms with Gasteiger partial charge in [-0.15, -0.1) is 0 Å². The minimum atomic E-state index is -2.91. The summed E-state index contributed by atoms with van der Waals surface area (Å²) < 4.78 is 33.4. The van der Waals surface area contributed by atoms with Gasteiger partial charge in [-0.05, 0) is 47.5 Å². The van der Waals surface area contributed by atoms with Gasteiger partial charge in [-0.1, -0.05) is 17.7 Å². The highest BCUT2D eigenvalue weighted by Gasteiger charge is 2.30. The lowest BCUT2D eigenvalue weighted by Crippen LogP contribution is -2.30. The van der Waals surface area contributed by atoms with Gasteiger partial charge in [0.1, 0.15) is 5.75 Å². The van der Waals surface area contributed by atoms with Crippen molar-refractivity contribution in [1.82, 2.24) is 0 Å². The highest BCUT2D eigenvalue weighted by molar-refractivity contribution is 6.30. The molecule has 6 heteroatoms. The van der Waals surface area contributed by atoms with Crippen LogP contribution >= 0.6 is 11.6 Å². The van der Waals surface area contributed by atoms with E-state index in [0.717, 1.165) is 0 Å². The van der Waals surface area contributed by atoms with Crippen LogP contribution in [0.1, 0.15) is 11.1 Å². The molecular formula is C17H19ClF2N2O. The van der Waals surface area contributed by atoms with Crippen molar-refractivity contribution in [2.75, 3.05) is 19.0 Å². The van der Waals surface area contributed by atoms with Crippen LogP contribution in [0.4, 0.5) is 14.5 Å². The predicted octanol–water partition coefficient (Wildman–Crippen LogP) is 4.10. The van der Waals surface area contributed by atoms with Crippen molar-refractivity contribution in [3.8, 4) is 5.75 Å². The first-order valence-electron chi connectivity index (χ1n) is 7.16. The molecule has 0 aromatic heterocycles. The normalized spacial score (nSPS) is 11.3. The molecule has 0 atom stereocenters. The number of hydrogen-bond donors (Lipinski definition) is 2. The van der Waals surface area contributed by atoms with Crippen LogP contribution < -0.4 is 15.8 Å². The number of rotatable bonds is 7. The molecule has 0 heterocycles. The third-order valence-electron chi connectivity index (χ3n) is 3.48. The third-order valence-corrected chi connectivity index (χ3v) is 3.71. The standard InChI is InChI=1S/C17H19ClF2N2O/c1-23-16-6-4-15(5-7-16)22-11-17(19,20)9-12-2-3-14(18)8-13(12)10-21/h2-8,22H,9-11,21H2,1H3. The second-order valence-corrected chi connectivity index (χ2v) is 5.67. The second kappa shape index (κ2) is 7.62. The lowest BCUT2D eigenvalue weighted by molar-refractivity contribution is 0.0158. The molecule has 0 unspecified atom stereocenters. The molecule has 0 aliphatic carbocycles. The molecule has 0 saturated carbocycles. The van der Waals surface area contributed by atoms with Crippen LogP contribution in [0.5, 0.6) is 5.75 Å². The molecule has 2 aromatic rings. The number of benzene rings is 2. The Balaban J connectivity index is 2.01. The predicted molar refractivity (Wildman–Crippen MR) is 89.5 cm³/mol. The van der Waals surface area contributed by atoms with Gasteiger partial charge in [0.05, 0.1) is 13.7 Å². The van der Waals surface area contributed by atoms with Gasteiger partial charge in [-0.2, -0.15) is 0 Å². The maximum atomic E-state index is 14.2. The Morgan fingerprint density at radius 3 is 2.43 bits per heavy atom. The summed E-state index contributed by atoms with van der Waals surface area (Å²) >= 11 is 5.87. The Hall–Kier alpha value is -1.85. The number of halogens is 3. The molecule has 0 aliphatic rings. The molecule has 0 spiro atoms. The first-order valence-corrected chi connectivity index (χ1v) is 7.54. The molecule has 0 saturated heterocycles. The molecule has 0 bridgehead atoms. The van der Waals surface area contributed by atoms with Crippen molar-refractivity contribution >= 4 is 17.3 Å². The quantitative estimate of drug-likeness (QED) is 0.797. The van der Waals surface area contributed by atoms with Gasteiger partial charge in [0.15, 0.2) is 0 Å². The van der Waals surface area contributed by atoms with Crippen LogP contribution in [-0.4, -0.2) is 19.6 Å². The van der Waals surface area contributed by atoms with Crippen LogP contribution in [0.3, 0.4) is 0 Å². The summed E-state index contributed by atoms with van der Waals surface area (Å²) in [7, 11) is 1.55. The maximum Gasteiger partial charge on any atom is 0.268 e. The Morgan fingerprint density at radius 2 is 1.83 bits per heavy atom. The third kappa shape index (κ3) is 5.08. The fraction of sp³-hybridized carbons (Fsp3) is 0.294. The average Bonchev–Trinajstić information content (AvgIpc) is 2.55. The van der Waals surface area contributed by atoms with E-state index >= 15 is 0 Å². The molecule has 124 valence electrons. The summed E-state index contributed by atoms with van der Waals surface area (Å²) in [5, 5.41) is 3.24. The van der Waals surface area contributed by atoms with Gasteiger partial charge in [0.2, 0.25) is 0 Å². The van der Waals surface area contributed by atoms with Crippen LogP contribution in [-0.2, 0) is 13.0 Å². The minimum absolute atomic E-state index is 0.178. The summed E-state index contributed by atoms with van der Waals surface area (Å²) in [6, 6.07) is 11.7. The zero-order valence-corrected chi connectivity index (χ0v) is 13.5. The van der Waals surface area contributed by atoms with Crippen LogP contribution in [0.25, 0.3) is 0 Å². The molecule has 3 N–H and O–H groups in total. The van der Waals surface area contributed by atoms with Crippen molar-refractivity contribution in [3.05, 3.63) is 58.6 Å². The van der Waals surface area contributed by atoms with Crippen molar-refractivity contribution in [2.24, 2.45) is 5.73 Å². The van der Waals surface area contributed by atoms with Crippen molar-refractivity contribution in [3.63, 3.8) is 0 Å². The van der Waals surface area contributed by atoms with Crippen LogP contribution in [0.2, 0.25) is 5.02 Å². The van der Waals surface area contributed by atoms with E-state index in [9.17, 15) is 8.78 Å². The van der Waals surface area contributed by atoms with Gasteiger partial charge < -0.3 is 15.8 Å². The lowest BCUT2D eigenvalue weighted by atomic mass is 10.0. The van der Waals surface area contributed by atoms with Gasteiger partial charge in [0, 0.05) is 23.7 Å². The smallest absolute Gasteiger partial charge is 0.268 e. The summed E-state index contributed by atoms with van der Waals surface area (Å²) in [5.74, 6) is -2.23. The van der Waals surface area contributed by atoms with E-state index < -0.39 is 12.5 Å². The Kier molecular flexibility index (Phi) is 5.80. The second-order valence-electron chi connectivity index (χ2n) is 5.23. The van der Waals surface area contributed by atoms with E-state index in [4.69, 9.17) is 22.1 Å². The molecule has 2 rings (SSSR count). The number of nitrogens with one attached hydrogen (secondary N) is 1. The Labute approximate surface area is 139 Å². The Bertz CT molecular complexity index is 648. The van der Waals surface area contributed by atoms with Crippen molar-refractivity contribution in [1.29, 1.82) is 0 Å². The number of ether oxygens (including phenoxy) is 1. The molecular weight excluding hydrogens is 322 g/mol. The lowest BCUT2D eigenvalue weighted by Gasteiger charge is -2.19. The van der Waals surface area contributed by atoms with E-state index in [0.29, 0.717) is 27.6 Å². The first-order chi connectivity index (χ1) is 10.9.